The number of anilines is 1. The fraction of sp³-hybridized carbons (Fsp3) is 0.500. The molecule has 1 aliphatic rings. The molecule has 0 spiro atoms. The summed E-state index contributed by atoms with van der Waals surface area (Å²) in [5.41, 5.74) is 1.04. The Balaban J connectivity index is 2.16. The van der Waals surface area contributed by atoms with Gasteiger partial charge in [0.2, 0.25) is 0 Å². The molecule has 0 saturated carbocycles. The molecule has 1 N–H and O–H groups in total. The Hall–Kier alpha value is -1.03. The van der Waals surface area contributed by atoms with Crippen molar-refractivity contribution in [1.29, 1.82) is 0 Å². The van der Waals surface area contributed by atoms with Crippen molar-refractivity contribution in [2.45, 2.75) is 26.2 Å². The number of hydrogen-bond acceptors (Lipinski definition) is 2. The molecule has 0 aromatic heterocycles. The SMILES string of the molecule is CC1(CC(=O)O)CCCN(c2ccccc2Br)C1. The maximum Gasteiger partial charge on any atom is 0.303 e. The molecule has 0 amide bonds. The summed E-state index contributed by atoms with van der Waals surface area (Å²) < 4.78 is 1.07. The number of carboxylic acid groups (broad SMARTS) is 1. The topological polar surface area (TPSA) is 40.5 Å². The van der Waals surface area contributed by atoms with Gasteiger partial charge in [-0.05, 0) is 46.3 Å². The summed E-state index contributed by atoms with van der Waals surface area (Å²) >= 11 is 3.56. The highest BCUT2D eigenvalue weighted by atomic mass is 79.9. The van der Waals surface area contributed by atoms with Gasteiger partial charge in [-0.25, -0.2) is 0 Å². The van der Waals surface area contributed by atoms with E-state index in [4.69, 9.17) is 5.11 Å². The number of aliphatic carboxylic acids is 1. The van der Waals surface area contributed by atoms with Crippen LogP contribution >= 0.6 is 15.9 Å². The quantitative estimate of drug-likeness (QED) is 0.928. The first kappa shape index (κ1) is 13.4. The second kappa shape index (κ2) is 5.31. The lowest BCUT2D eigenvalue weighted by molar-refractivity contribution is -0.139. The molecule has 0 aliphatic carbocycles. The average Bonchev–Trinajstić information content (AvgIpc) is 2.27. The molecule has 0 radical (unpaired) electrons. The van der Waals surface area contributed by atoms with Gasteiger partial charge in [-0.15, -0.1) is 0 Å². The van der Waals surface area contributed by atoms with Crippen LogP contribution in [0.3, 0.4) is 0 Å². The highest BCUT2D eigenvalue weighted by molar-refractivity contribution is 9.10. The summed E-state index contributed by atoms with van der Waals surface area (Å²) in [4.78, 5) is 13.2. The van der Waals surface area contributed by atoms with E-state index in [9.17, 15) is 4.79 Å². The van der Waals surface area contributed by atoms with Gasteiger partial charge in [-0.1, -0.05) is 19.1 Å². The van der Waals surface area contributed by atoms with Crippen LogP contribution in [0.15, 0.2) is 28.7 Å². The molecule has 1 fully saturated rings. The fourth-order valence-electron chi connectivity index (χ4n) is 2.74. The predicted octanol–water partition coefficient (Wildman–Crippen LogP) is 3.53. The predicted molar refractivity (Wildman–Crippen MR) is 75.9 cm³/mol. The fourth-order valence-corrected chi connectivity index (χ4v) is 3.27. The van der Waals surface area contributed by atoms with Gasteiger partial charge in [-0.2, -0.15) is 0 Å². The van der Waals surface area contributed by atoms with Crippen LogP contribution in [0.2, 0.25) is 0 Å². The van der Waals surface area contributed by atoms with E-state index in [1.165, 1.54) is 0 Å². The molecule has 1 saturated heterocycles. The van der Waals surface area contributed by atoms with Crippen LogP contribution in [0.25, 0.3) is 0 Å². The van der Waals surface area contributed by atoms with Gasteiger partial charge in [-0.3, -0.25) is 4.79 Å². The third-order valence-corrected chi connectivity index (χ3v) is 4.22. The summed E-state index contributed by atoms with van der Waals surface area (Å²) in [6, 6.07) is 8.12. The number of halogens is 1. The molecule has 2 rings (SSSR count). The number of nitrogens with zero attached hydrogens (tertiary/aromatic N) is 1. The van der Waals surface area contributed by atoms with Crippen molar-refractivity contribution >= 4 is 27.6 Å². The molecule has 1 atom stereocenters. The minimum atomic E-state index is -0.702. The lowest BCUT2D eigenvalue weighted by Crippen LogP contribution is -2.43. The van der Waals surface area contributed by atoms with Gasteiger partial charge in [0.05, 0.1) is 12.1 Å². The second-order valence-corrected chi connectivity index (χ2v) is 6.21. The monoisotopic (exact) mass is 311 g/mol. The smallest absolute Gasteiger partial charge is 0.303 e. The van der Waals surface area contributed by atoms with E-state index in [2.05, 4.69) is 33.8 Å². The number of rotatable bonds is 3. The molecule has 3 nitrogen and oxygen atoms in total. The molecule has 1 aliphatic heterocycles. The molecule has 98 valence electrons. The van der Waals surface area contributed by atoms with Crippen LogP contribution < -0.4 is 4.90 Å². The molecular weight excluding hydrogens is 294 g/mol. The maximum absolute atomic E-state index is 11.0. The van der Waals surface area contributed by atoms with Crippen molar-refractivity contribution in [2.24, 2.45) is 5.41 Å². The first-order valence-corrected chi connectivity index (χ1v) is 7.01. The zero-order valence-electron chi connectivity index (χ0n) is 10.5. The lowest BCUT2D eigenvalue weighted by atomic mass is 9.79. The van der Waals surface area contributed by atoms with Crippen molar-refractivity contribution in [2.75, 3.05) is 18.0 Å². The number of benzene rings is 1. The largest absolute Gasteiger partial charge is 0.481 e. The van der Waals surface area contributed by atoms with Crippen LogP contribution in [-0.4, -0.2) is 24.2 Å². The van der Waals surface area contributed by atoms with E-state index in [1.807, 2.05) is 18.2 Å². The molecule has 0 bridgehead atoms. The van der Waals surface area contributed by atoms with Gasteiger partial charge in [0.25, 0.3) is 0 Å². The van der Waals surface area contributed by atoms with Crippen molar-refractivity contribution in [3.05, 3.63) is 28.7 Å². The minimum Gasteiger partial charge on any atom is -0.481 e. The summed E-state index contributed by atoms with van der Waals surface area (Å²) in [7, 11) is 0. The minimum absolute atomic E-state index is 0.126. The first-order chi connectivity index (χ1) is 8.50. The second-order valence-electron chi connectivity index (χ2n) is 5.36. The Labute approximate surface area is 116 Å². The van der Waals surface area contributed by atoms with Gasteiger partial charge < -0.3 is 10.0 Å². The number of piperidine rings is 1. The van der Waals surface area contributed by atoms with Crippen LogP contribution in [0, 0.1) is 5.41 Å². The van der Waals surface area contributed by atoms with Gasteiger partial charge in [0, 0.05) is 17.6 Å². The Morgan fingerprint density at radius 1 is 1.50 bits per heavy atom. The van der Waals surface area contributed by atoms with E-state index >= 15 is 0 Å². The van der Waals surface area contributed by atoms with E-state index in [1.54, 1.807) is 0 Å². The van der Waals surface area contributed by atoms with E-state index < -0.39 is 5.97 Å². The Kier molecular flexibility index (Phi) is 3.95. The molecular formula is C14H18BrNO2. The molecule has 1 aromatic rings. The number of para-hydroxylation sites is 1. The van der Waals surface area contributed by atoms with E-state index in [-0.39, 0.29) is 11.8 Å². The normalized spacial score (nSPS) is 24.0. The van der Waals surface area contributed by atoms with Crippen molar-refractivity contribution < 1.29 is 9.90 Å². The van der Waals surface area contributed by atoms with Crippen molar-refractivity contribution in [3.8, 4) is 0 Å². The third kappa shape index (κ3) is 3.05. The number of hydrogen-bond donors (Lipinski definition) is 1. The van der Waals surface area contributed by atoms with E-state index in [0.29, 0.717) is 0 Å². The molecule has 1 aromatic carbocycles. The number of carboxylic acids is 1. The van der Waals surface area contributed by atoms with Crippen LogP contribution in [-0.2, 0) is 4.79 Å². The van der Waals surface area contributed by atoms with Crippen LogP contribution in [0.5, 0.6) is 0 Å². The highest BCUT2D eigenvalue weighted by Gasteiger charge is 2.33. The molecule has 1 unspecified atom stereocenters. The summed E-state index contributed by atoms with van der Waals surface area (Å²) in [6.07, 6.45) is 2.28. The van der Waals surface area contributed by atoms with Gasteiger partial charge in [0.15, 0.2) is 0 Å². The average molecular weight is 312 g/mol. The van der Waals surface area contributed by atoms with Crippen molar-refractivity contribution in [3.63, 3.8) is 0 Å². The van der Waals surface area contributed by atoms with E-state index in [0.717, 1.165) is 36.1 Å². The number of carbonyl (C=O) groups is 1. The van der Waals surface area contributed by atoms with Gasteiger partial charge >= 0.3 is 5.97 Å². The molecule has 1 heterocycles. The first-order valence-electron chi connectivity index (χ1n) is 6.21. The van der Waals surface area contributed by atoms with Crippen molar-refractivity contribution in [1.82, 2.24) is 0 Å². The summed E-state index contributed by atoms with van der Waals surface area (Å²) in [5.74, 6) is -0.702. The zero-order chi connectivity index (χ0) is 13.2. The summed E-state index contributed by atoms with van der Waals surface area (Å²) in [6.45, 7) is 3.88. The van der Waals surface area contributed by atoms with Gasteiger partial charge in [0.1, 0.15) is 0 Å². The third-order valence-electron chi connectivity index (χ3n) is 3.55. The molecule has 4 heteroatoms. The van der Waals surface area contributed by atoms with Crippen LogP contribution in [0.4, 0.5) is 5.69 Å². The zero-order valence-corrected chi connectivity index (χ0v) is 12.1. The Bertz CT molecular complexity index is 449. The molecule has 18 heavy (non-hydrogen) atoms. The Morgan fingerprint density at radius 3 is 2.89 bits per heavy atom. The Morgan fingerprint density at radius 2 is 2.22 bits per heavy atom. The standard InChI is InChI=1S/C14H18BrNO2/c1-14(9-13(17)18)7-4-8-16(10-14)12-6-3-2-5-11(12)15/h2-3,5-6H,4,7-10H2,1H3,(H,17,18). The highest BCUT2D eigenvalue weighted by Crippen LogP contribution is 2.37. The summed E-state index contributed by atoms with van der Waals surface area (Å²) in [5, 5.41) is 9.01. The lowest BCUT2D eigenvalue weighted by Gasteiger charge is -2.41. The van der Waals surface area contributed by atoms with Crippen LogP contribution in [0.1, 0.15) is 26.2 Å². The maximum atomic E-state index is 11.0.